The molecule has 0 bridgehead atoms. The minimum Gasteiger partial charge on any atom is -0.393 e. The summed E-state index contributed by atoms with van der Waals surface area (Å²) >= 11 is 6.16. The Kier molecular flexibility index (Phi) is 9.06. The van der Waals surface area contributed by atoms with E-state index in [1.54, 1.807) is 0 Å². The Morgan fingerprint density at radius 3 is 2.30 bits per heavy atom. The second-order valence-corrected chi connectivity index (χ2v) is 7.70. The van der Waals surface area contributed by atoms with E-state index in [2.05, 4.69) is 5.32 Å². The molecule has 7 unspecified atom stereocenters. The van der Waals surface area contributed by atoms with E-state index >= 15 is 0 Å². The monoisotopic (exact) mass is 347 g/mol. The van der Waals surface area contributed by atoms with E-state index < -0.39 is 6.10 Å². The Bertz CT molecular complexity index is 364. The number of rotatable bonds is 9. The Balaban J connectivity index is 2.93. The van der Waals surface area contributed by atoms with Crippen molar-refractivity contribution >= 4 is 17.4 Å². The van der Waals surface area contributed by atoms with Crippen LogP contribution in [0.4, 0.5) is 0 Å². The van der Waals surface area contributed by atoms with Gasteiger partial charge in [-0.1, -0.05) is 20.8 Å². The average molecular weight is 348 g/mol. The molecule has 0 aliphatic carbocycles. The number of carbonyl (C=O) groups excluding carboxylic acids is 1. The van der Waals surface area contributed by atoms with E-state index in [0.29, 0.717) is 25.7 Å². The van der Waals surface area contributed by atoms with Gasteiger partial charge in [-0.25, -0.2) is 0 Å². The first-order chi connectivity index (χ1) is 10.8. The lowest BCUT2D eigenvalue weighted by molar-refractivity contribution is -0.137. The van der Waals surface area contributed by atoms with Crippen molar-refractivity contribution in [3.8, 4) is 0 Å². The van der Waals surface area contributed by atoms with Crippen LogP contribution in [0.15, 0.2) is 0 Å². The molecule has 0 aromatic heterocycles. The summed E-state index contributed by atoms with van der Waals surface area (Å²) in [5, 5.41) is 23.8. The fourth-order valence-electron chi connectivity index (χ4n) is 3.76. The molecular formula is C18H34ClNO3. The van der Waals surface area contributed by atoms with Crippen molar-refractivity contribution in [1.82, 2.24) is 5.32 Å². The summed E-state index contributed by atoms with van der Waals surface area (Å²) in [6.45, 7) is 7.83. The molecule has 7 atom stereocenters. The number of hydrogen-bond acceptors (Lipinski definition) is 4. The number of ketones is 1. The lowest BCUT2D eigenvalue weighted by atomic mass is 9.72. The Labute approximate surface area is 146 Å². The summed E-state index contributed by atoms with van der Waals surface area (Å²) in [7, 11) is 0. The van der Waals surface area contributed by atoms with Gasteiger partial charge in [-0.15, -0.1) is 11.6 Å². The van der Waals surface area contributed by atoms with Crippen molar-refractivity contribution in [2.75, 3.05) is 0 Å². The predicted molar refractivity (Wildman–Crippen MR) is 94.8 cm³/mol. The van der Waals surface area contributed by atoms with Crippen molar-refractivity contribution in [1.29, 1.82) is 0 Å². The van der Waals surface area contributed by atoms with E-state index in [9.17, 15) is 15.0 Å². The van der Waals surface area contributed by atoms with Gasteiger partial charge >= 0.3 is 0 Å². The van der Waals surface area contributed by atoms with Gasteiger partial charge in [-0.3, -0.25) is 4.79 Å². The highest BCUT2D eigenvalue weighted by Crippen LogP contribution is 2.32. The predicted octanol–water partition coefficient (Wildman–Crippen LogP) is 2.88. The molecule has 3 N–H and O–H groups in total. The molecule has 5 heteroatoms. The summed E-state index contributed by atoms with van der Waals surface area (Å²) in [6.07, 6.45) is 3.16. The van der Waals surface area contributed by atoms with Gasteiger partial charge in [-0.2, -0.15) is 0 Å². The van der Waals surface area contributed by atoms with Crippen molar-refractivity contribution in [3.63, 3.8) is 0 Å². The third-order valence-electron chi connectivity index (χ3n) is 5.17. The number of alkyl halides is 1. The van der Waals surface area contributed by atoms with Gasteiger partial charge in [0.2, 0.25) is 0 Å². The molecule has 0 aromatic carbocycles. The number of hydrogen-bond donors (Lipinski definition) is 3. The highest BCUT2D eigenvalue weighted by molar-refractivity contribution is 6.20. The van der Waals surface area contributed by atoms with Crippen molar-refractivity contribution in [3.05, 3.63) is 0 Å². The summed E-state index contributed by atoms with van der Waals surface area (Å²) in [5.41, 5.74) is 0. The molecule has 1 heterocycles. The summed E-state index contributed by atoms with van der Waals surface area (Å²) in [5.74, 6) is -0.301. The maximum Gasteiger partial charge on any atom is 0.144 e. The average Bonchev–Trinajstić information content (AvgIpc) is 2.51. The van der Waals surface area contributed by atoms with Crippen molar-refractivity contribution in [2.45, 2.75) is 95.9 Å². The van der Waals surface area contributed by atoms with E-state index in [-0.39, 0.29) is 41.2 Å². The fourth-order valence-corrected chi connectivity index (χ4v) is 3.95. The van der Waals surface area contributed by atoms with Crippen LogP contribution in [0.1, 0.15) is 66.2 Å². The maximum absolute atomic E-state index is 13.0. The van der Waals surface area contributed by atoms with Crippen molar-refractivity contribution < 1.29 is 15.0 Å². The van der Waals surface area contributed by atoms with Crippen LogP contribution in [0.2, 0.25) is 0 Å². The molecule has 1 aliphatic heterocycles. The zero-order chi connectivity index (χ0) is 17.6. The van der Waals surface area contributed by atoms with Crippen LogP contribution in [-0.4, -0.2) is 45.7 Å². The number of Topliss-reactive ketones (excluding diaryl/α,β-unsaturated/α-hetero) is 1. The molecule has 4 nitrogen and oxygen atoms in total. The molecule has 0 amide bonds. The molecule has 1 aliphatic rings. The SMILES string of the molecule is CCC(O)CCC1NC(CC(C)Cl)C(CC)C(=O)C1C(O)CC. The first-order valence-electron chi connectivity index (χ1n) is 9.15. The van der Waals surface area contributed by atoms with Crippen LogP contribution >= 0.6 is 11.6 Å². The largest absolute Gasteiger partial charge is 0.393 e. The number of piperidine rings is 1. The fraction of sp³-hybridized carbons (Fsp3) is 0.944. The first kappa shape index (κ1) is 20.9. The Morgan fingerprint density at radius 1 is 1.17 bits per heavy atom. The third-order valence-corrected chi connectivity index (χ3v) is 5.35. The maximum atomic E-state index is 13.0. The van der Waals surface area contributed by atoms with Gasteiger partial charge in [0.15, 0.2) is 0 Å². The van der Waals surface area contributed by atoms with Crippen LogP contribution in [0, 0.1) is 11.8 Å². The van der Waals surface area contributed by atoms with Gasteiger partial charge in [0.05, 0.1) is 18.1 Å². The number of halogens is 1. The number of carbonyl (C=O) groups is 1. The van der Waals surface area contributed by atoms with Crippen molar-refractivity contribution in [2.24, 2.45) is 11.8 Å². The highest BCUT2D eigenvalue weighted by Gasteiger charge is 2.45. The van der Waals surface area contributed by atoms with E-state index in [4.69, 9.17) is 11.6 Å². The van der Waals surface area contributed by atoms with Gasteiger partial charge < -0.3 is 15.5 Å². The van der Waals surface area contributed by atoms with Crippen LogP contribution in [-0.2, 0) is 4.79 Å². The quantitative estimate of drug-likeness (QED) is 0.561. The summed E-state index contributed by atoms with van der Waals surface area (Å²) < 4.78 is 0. The number of aliphatic hydroxyl groups excluding tert-OH is 2. The van der Waals surface area contributed by atoms with Gasteiger partial charge in [-0.05, 0) is 45.4 Å². The van der Waals surface area contributed by atoms with Crippen LogP contribution in [0.25, 0.3) is 0 Å². The topological polar surface area (TPSA) is 69.6 Å². The zero-order valence-electron chi connectivity index (χ0n) is 15.0. The number of aliphatic hydroxyl groups is 2. The minimum atomic E-state index is -0.623. The van der Waals surface area contributed by atoms with Crippen LogP contribution in [0.5, 0.6) is 0 Å². The molecule has 0 aromatic rings. The normalized spacial score (nSPS) is 32.6. The smallest absolute Gasteiger partial charge is 0.144 e. The van der Waals surface area contributed by atoms with Gasteiger partial charge in [0.25, 0.3) is 0 Å². The molecule has 136 valence electrons. The molecule has 1 fully saturated rings. The number of nitrogens with one attached hydrogen (secondary N) is 1. The van der Waals surface area contributed by atoms with Crippen LogP contribution < -0.4 is 5.32 Å². The second kappa shape index (κ2) is 9.97. The molecule has 0 saturated carbocycles. The standard InChI is InChI=1S/C18H34ClNO3/c1-5-12(21)8-9-14-17(16(22)7-3)18(23)13(6-2)15(20-14)10-11(4)19/h11-17,20-22H,5-10H2,1-4H3. The van der Waals surface area contributed by atoms with E-state index in [1.807, 2.05) is 27.7 Å². The van der Waals surface area contributed by atoms with Crippen LogP contribution in [0.3, 0.4) is 0 Å². The Hall–Kier alpha value is -0.160. The minimum absolute atomic E-state index is 0.00359. The summed E-state index contributed by atoms with van der Waals surface area (Å²) in [4.78, 5) is 13.0. The van der Waals surface area contributed by atoms with Gasteiger partial charge in [0, 0.05) is 23.4 Å². The molecular weight excluding hydrogens is 314 g/mol. The first-order valence-corrected chi connectivity index (χ1v) is 9.59. The third kappa shape index (κ3) is 5.70. The lowest BCUT2D eigenvalue weighted by Crippen LogP contribution is -2.60. The van der Waals surface area contributed by atoms with E-state index in [0.717, 1.165) is 12.8 Å². The molecule has 0 spiro atoms. The summed E-state index contributed by atoms with van der Waals surface area (Å²) in [6, 6.07) is -0.0223. The van der Waals surface area contributed by atoms with Gasteiger partial charge in [0.1, 0.15) is 5.78 Å². The molecule has 1 rings (SSSR count). The highest BCUT2D eigenvalue weighted by atomic mass is 35.5. The zero-order valence-corrected chi connectivity index (χ0v) is 15.7. The Morgan fingerprint density at radius 2 is 1.83 bits per heavy atom. The molecule has 23 heavy (non-hydrogen) atoms. The molecule has 0 radical (unpaired) electrons. The van der Waals surface area contributed by atoms with E-state index in [1.165, 1.54) is 0 Å². The second-order valence-electron chi connectivity index (χ2n) is 6.95. The lowest BCUT2D eigenvalue weighted by Gasteiger charge is -2.43. The molecule has 1 saturated heterocycles.